The number of thioether (sulfide) groups is 1. The van der Waals surface area contributed by atoms with Crippen LogP contribution in [0, 0.1) is 45.8 Å². The van der Waals surface area contributed by atoms with E-state index in [0.29, 0.717) is 37.9 Å². The molecule has 5 rings (SSSR count). The van der Waals surface area contributed by atoms with Gasteiger partial charge in [0.05, 0.1) is 18.0 Å². The second kappa shape index (κ2) is 11.3. The van der Waals surface area contributed by atoms with E-state index < -0.39 is 35.4 Å². The zero-order chi connectivity index (χ0) is 31.7. The summed E-state index contributed by atoms with van der Waals surface area (Å²) < 4.78 is 11.8. The topological polar surface area (TPSA) is 122 Å². The van der Waals surface area contributed by atoms with Crippen molar-refractivity contribution in [2.24, 2.45) is 45.8 Å². The fraction of sp³-hybridized carbons (Fsp3) is 0.853. The lowest BCUT2D eigenvalue weighted by molar-refractivity contribution is -0.160. The molecule has 242 valence electrons. The van der Waals surface area contributed by atoms with Gasteiger partial charge in [-0.15, -0.1) is 18.3 Å². The Labute approximate surface area is 261 Å². The van der Waals surface area contributed by atoms with Gasteiger partial charge in [0.25, 0.3) is 0 Å². The van der Waals surface area contributed by atoms with E-state index in [4.69, 9.17) is 9.47 Å². The van der Waals surface area contributed by atoms with Crippen LogP contribution in [0.3, 0.4) is 0 Å². The maximum atomic E-state index is 13.5. The van der Waals surface area contributed by atoms with Crippen molar-refractivity contribution in [3.63, 3.8) is 0 Å². The zero-order valence-electron chi connectivity index (χ0n) is 27.1. The van der Waals surface area contributed by atoms with Crippen LogP contribution in [0.4, 0.5) is 4.79 Å². The summed E-state index contributed by atoms with van der Waals surface area (Å²) in [6, 6.07) is -0.178. The van der Waals surface area contributed by atoms with E-state index >= 15 is 0 Å². The fourth-order valence-electron chi connectivity index (χ4n) is 9.86. The predicted octanol–water partition coefficient (Wildman–Crippen LogP) is 5.29. The first-order chi connectivity index (χ1) is 20.0. The third kappa shape index (κ3) is 5.58. The summed E-state index contributed by atoms with van der Waals surface area (Å²) in [7, 11) is 0. The van der Waals surface area contributed by atoms with Crippen LogP contribution >= 0.6 is 11.8 Å². The first-order valence-electron chi connectivity index (χ1n) is 16.3. The number of nitrogens with one attached hydrogen (secondary N) is 1. The number of hydrogen-bond acceptors (Lipinski definition) is 8. The smallest absolute Gasteiger partial charge is 0.407 e. The molecule has 5 aliphatic rings. The van der Waals surface area contributed by atoms with E-state index in [9.17, 15) is 24.6 Å². The summed E-state index contributed by atoms with van der Waals surface area (Å²) in [5.74, 6) is 1.05. The Bertz CT molecular complexity index is 1140. The monoisotopic (exact) mass is 619 g/mol. The summed E-state index contributed by atoms with van der Waals surface area (Å²) in [5, 5.41) is 25.3. The van der Waals surface area contributed by atoms with Crippen molar-refractivity contribution < 1.29 is 34.1 Å². The molecule has 0 aliphatic heterocycles. The van der Waals surface area contributed by atoms with E-state index in [1.807, 2.05) is 33.8 Å². The van der Waals surface area contributed by atoms with Gasteiger partial charge in [0, 0.05) is 34.0 Å². The Morgan fingerprint density at radius 3 is 2.47 bits per heavy atom. The SMILES string of the molecule is C=C[C@]1(C)C[C@@H](OC(=O)CS[C@H]2CC[C@H](NC(=O)OC(C)(C)C)C[C@@H]2O)[C@]2(C)C(C)CC34C(=O)CCC([C@@H](C)[C@@H]1O)[C@@H]3[C@@H]42. The number of aliphatic hydroxyl groups is 2. The molecular formula is C34H53NO7S. The molecule has 9 heteroatoms. The van der Waals surface area contributed by atoms with Gasteiger partial charge < -0.3 is 25.0 Å². The average molecular weight is 620 g/mol. The van der Waals surface area contributed by atoms with Crippen molar-refractivity contribution in [1.82, 2.24) is 5.32 Å². The second-order valence-corrected chi connectivity index (χ2v) is 17.1. The molecule has 43 heavy (non-hydrogen) atoms. The summed E-state index contributed by atoms with van der Waals surface area (Å²) in [6.45, 7) is 18.1. The molecule has 0 aromatic rings. The van der Waals surface area contributed by atoms with E-state index in [0.717, 1.165) is 12.8 Å². The number of hydrogen-bond donors (Lipinski definition) is 3. The van der Waals surface area contributed by atoms with Crippen LogP contribution in [0.5, 0.6) is 0 Å². The third-order valence-electron chi connectivity index (χ3n) is 12.3. The van der Waals surface area contributed by atoms with Gasteiger partial charge in [-0.05, 0) is 88.9 Å². The fourth-order valence-corrected chi connectivity index (χ4v) is 10.9. The molecule has 5 saturated carbocycles. The Hall–Kier alpha value is -1.58. The Morgan fingerprint density at radius 1 is 1.14 bits per heavy atom. The van der Waals surface area contributed by atoms with Crippen molar-refractivity contribution >= 4 is 29.6 Å². The molecule has 0 saturated heterocycles. The van der Waals surface area contributed by atoms with Gasteiger partial charge in [0.2, 0.25) is 0 Å². The predicted molar refractivity (Wildman–Crippen MR) is 166 cm³/mol. The van der Waals surface area contributed by atoms with Gasteiger partial charge in [-0.1, -0.05) is 33.8 Å². The first kappa shape index (κ1) is 32.8. The maximum Gasteiger partial charge on any atom is 0.407 e. The number of amides is 1. The minimum atomic E-state index is -0.665. The number of ether oxygens (including phenoxy) is 2. The molecule has 1 spiro atoms. The molecule has 5 aliphatic carbocycles. The van der Waals surface area contributed by atoms with Gasteiger partial charge in [0.1, 0.15) is 17.5 Å². The van der Waals surface area contributed by atoms with Crippen molar-refractivity contribution in [3.05, 3.63) is 12.7 Å². The van der Waals surface area contributed by atoms with Gasteiger partial charge in [-0.25, -0.2) is 4.79 Å². The normalized spacial score (nSPS) is 47.3. The highest BCUT2D eigenvalue weighted by atomic mass is 32.2. The number of ketones is 1. The van der Waals surface area contributed by atoms with E-state index in [-0.39, 0.29) is 63.4 Å². The molecule has 3 N–H and O–H groups in total. The molecule has 3 unspecified atom stereocenters. The number of Topliss-reactive ketones (excluding diaryl/α,β-unsaturated/α-hetero) is 1. The minimum Gasteiger partial charge on any atom is -0.461 e. The Kier molecular flexibility index (Phi) is 8.65. The van der Waals surface area contributed by atoms with Crippen molar-refractivity contribution in [3.8, 4) is 0 Å². The highest BCUT2D eigenvalue weighted by Gasteiger charge is 2.83. The molecule has 13 atom stereocenters. The molecule has 5 fully saturated rings. The van der Waals surface area contributed by atoms with Crippen LogP contribution in [0.2, 0.25) is 0 Å². The molecule has 0 radical (unpaired) electrons. The molecule has 0 bridgehead atoms. The lowest BCUT2D eigenvalue weighted by Gasteiger charge is -2.44. The standard InChI is InChI=1S/C34H53NO7S/c1-9-32(7)16-25(33(8)18(2)15-34-24(37)13-11-21(19(3)29(32)39)27(34)28(33)34)41-26(38)17-43-23-12-10-20(14-22(23)36)35-30(40)42-31(4,5)6/h9,18-23,25,27-29,36,39H,1,10-17H2,2-8H3,(H,35,40)/t18?,19-,20+,21?,22+,23+,25-,27-,28-,29+,32-,33+,34?/m1/s1. The Morgan fingerprint density at radius 2 is 1.84 bits per heavy atom. The number of alkyl carbamates (subject to hydrolysis) is 1. The molecule has 0 aromatic carbocycles. The highest BCUT2D eigenvalue weighted by Crippen LogP contribution is 2.83. The Balaban J connectivity index is 1.27. The number of rotatable bonds is 6. The summed E-state index contributed by atoms with van der Waals surface area (Å²) in [6.07, 6.45) is 4.01. The van der Waals surface area contributed by atoms with Crippen LogP contribution in [0.15, 0.2) is 12.7 Å². The van der Waals surface area contributed by atoms with Crippen molar-refractivity contribution in [1.29, 1.82) is 0 Å². The first-order valence-corrected chi connectivity index (χ1v) is 17.4. The second-order valence-electron chi connectivity index (χ2n) is 15.9. The molecule has 0 aromatic heterocycles. The largest absolute Gasteiger partial charge is 0.461 e. The summed E-state index contributed by atoms with van der Waals surface area (Å²) in [4.78, 5) is 39.2. The highest BCUT2D eigenvalue weighted by molar-refractivity contribution is 8.00. The minimum absolute atomic E-state index is 0.0227. The van der Waals surface area contributed by atoms with Crippen molar-refractivity contribution in [2.75, 3.05) is 5.75 Å². The van der Waals surface area contributed by atoms with Crippen LogP contribution in [-0.2, 0) is 19.1 Å². The van der Waals surface area contributed by atoms with Crippen LogP contribution in [0.1, 0.15) is 93.4 Å². The lowest BCUT2D eigenvalue weighted by Crippen LogP contribution is -2.47. The summed E-state index contributed by atoms with van der Waals surface area (Å²) in [5.41, 5.74) is -1.93. The summed E-state index contributed by atoms with van der Waals surface area (Å²) >= 11 is 1.41. The van der Waals surface area contributed by atoms with Crippen molar-refractivity contribution in [2.45, 2.75) is 129 Å². The van der Waals surface area contributed by atoms with Gasteiger partial charge in [-0.2, -0.15) is 0 Å². The molecule has 0 heterocycles. The molecule has 8 nitrogen and oxygen atoms in total. The number of esters is 1. The van der Waals surface area contributed by atoms with E-state index in [1.54, 1.807) is 0 Å². The van der Waals surface area contributed by atoms with E-state index in [1.165, 1.54) is 11.8 Å². The average Bonchev–Trinajstić information content (AvgIpc) is 3.53. The van der Waals surface area contributed by atoms with Crippen LogP contribution < -0.4 is 5.32 Å². The number of carbonyl (C=O) groups is 3. The van der Waals surface area contributed by atoms with Gasteiger partial charge in [-0.3, -0.25) is 9.59 Å². The van der Waals surface area contributed by atoms with Crippen LogP contribution in [-0.4, -0.2) is 69.0 Å². The van der Waals surface area contributed by atoms with Gasteiger partial charge in [0.15, 0.2) is 0 Å². The zero-order valence-corrected chi connectivity index (χ0v) is 27.9. The maximum absolute atomic E-state index is 13.5. The quantitative estimate of drug-likeness (QED) is 0.271. The number of carbonyl (C=O) groups excluding carboxylic acids is 3. The van der Waals surface area contributed by atoms with Crippen LogP contribution in [0.25, 0.3) is 0 Å². The van der Waals surface area contributed by atoms with Gasteiger partial charge >= 0.3 is 12.1 Å². The number of aliphatic hydroxyl groups excluding tert-OH is 2. The molecular weight excluding hydrogens is 566 g/mol. The van der Waals surface area contributed by atoms with E-state index in [2.05, 4.69) is 32.7 Å². The molecule has 1 amide bonds. The lowest BCUT2D eigenvalue weighted by atomic mass is 9.66. The third-order valence-corrected chi connectivity index (χ3v) is 13.6.